The molecule has 4 amide bonds. The van der Waals surface area contributed by atoms with Gasteiger partial charge < -0.3 is 25.2 Å². The molecule has 0 bridgehead atoms. The lowest BCUT2D eigenvalue weighted by Gasteiger charge is -2.39. The van der Waals surface area contributed by atoms with E-state index in [1.165, 1.54) is 0 Å². The number of hydrogen-bond donors (Lipinski definition) is 2. The van der Waals surface area contributed by atoms with Crippen LogP contribution < -0.4 is 15.4 Å². The fourth-order valence-electron chi connectivity index (χ4n) is 5.80. The predicted molar refractivity (Wildman–Crippen MR) is 134 cm³/mol. The van der Waals surface area contributed by atoms with Gasteiger partial charge in [-0.2, -0.15) is 0 Å². The van der Waals surface area contributed by atoms with E-state index >= 15 is 0 Å². The molecule has 35 heavy (non-hydrogen) atoms. The maximum atomic E-state index is 12.8. The second-order valence-electron chi connectivity index (χ2n) is 10.6. The van der Waals surface area contributed by atoms with Crippen molar-refractivity contribution in [2.24, 2.45) is 5.41 Å². The van der Waals surface area contributed by atoms with Gasteiger partial charge in [-0.3, -0.25) is 9.59 Å². The standard InChI is InChI=1S/C27H40N4O4/c1-20-23(29-26(34)28-20)9-4-3-5-10-24(32)31-16-13-27(19-31)11-14-30(15-12-27)25(33)18-21-7-6-8-22(17-21)35-2/h6-8,17,20,23H,3-5,9-16,18-19H2,1-2H3,(H2,28,29,34). The maximum absolute atomic E-state index is 12.8. The van der Waals surface area contributed by atoms with Gasteiger partial charge in [0, 0.05) is 38.6 Å². The summed E-state index contributed by atoms with van der Waals surface area (Å²) >= 11 is 0. The van der Waals surface area contributed by atoms with E-state index in [0.29, 0.717) is 12.8 Å². The number of ether oxygens (including phenoxy) is 1. The van der Waals surface area contributed by atoms with Crippen molar-refractivity contribution in [3.8, 4) is 5.75 Å². The molecule has 3 fully saturated rings. The molecule has 3 saturated heterocycles. The number of carbonyl (C=O) groups is 3. The lowest BCUT2D eigenvalue weighted by molar-refractivity contribution is -0.134. The lowest BCUT2D eigenvalue weighted by Crippen LogP contribution is -2.45. The number of nitrogens with zero attached hydrogens (tertiary/aromatic N) is 2. The molecule has 2 unspecified atom stereocenters. The fraction of sp³-hybridized carbons (Fsp3) is 0.667. The molecule has 1 aromatic rings. The van der Waals surface area contributed by atoms with Gasteiger partial charge in [0.2, 0.25) is 11.8 Å². The Kier molecular flexibility index (Phi) is 8.19. The van der Waals surface area contributed by atoms with Crippen LogP contribution in [0.4, 0.5) is 4.79 Å². The smallest absolute Gasteiger partial charge is 0.315 e. The molecule has 2 N–H and O–H groups in total. The summed E-state index contributed by atoms with van der Waals surface area (Å²) in [6.07, 6.45) is 7.87. The van der Waals surface area contributed by atoms with Crippen LogP contribution in [-0.2, 0) is 16.0 Å². The number of carbonyl (C=O) groups excluding carboxylic acids is 3. The molecule has 0 radical (unpaired) electrons. The van der Waals surface area contributed by atoms with E-state index in [9.17, 15) is 14.4 Å². The number of hydrogen-bond acceptors (Lipinski definition) is 4. The molecule has 3 heterocycles. The predicted octanol–water partition coefficient (Wildman–Crippen LogP) is 3.10. The Bertz CT molecular complexity index is 912. The Morgan fingerprint density at radius 1 is 1.03 bits per heavy atom. The number of urea groups is 1. The zero-order valence-electron chi connectivity index (χ0n) is 21.2. The van der Waals surface area contributed by atoms with Gasteiger partial charge in [0.15, 0.2) is 0 Å². The van der Waals surface area contributed by atoms with Crippen molar-refractivity contribution in [2.45, 2.75) is 76.8 Å². The number of benzene rings is 1. The minimum Gasteiger partial charge on any atom is -0.497 e. The number of amides is 4. The molecule has 3 aliphatic heterocycles. The molecule has 0 aliphatic carbocycles. The number of methoxy groups -OCH3 is 1. The quantitative estimate of drug-likeness (QED) is 0.527. The van der Waals surface area contributed by atoms with Crippen LogP contribution in [0.3, 0.4) is 0 Å². The number of likely N-dealkylation sites (tertiary alicyclic amines) is 2. The van der Waals surface area contributed by atoms with Gasteiger partial charge >= 0.3 is 6.03 Å². The van der Waals surface area contributed by atoms with Crippen molar-refractivity contribution in [3.05, 3.63) is 29.8 Å². The summed E-state index contributed by atoms with van der Waals surface area (Å²) in [7, 11) is 1.64. The summed E-state index contributed by atoms with van der Waals surface area (Å²) in [5, 5.41) is 5.83. The molecule has 0 aromatic heterocycles. The summed E-state index contributed by atoms with van der Waals surface area (Å²) < 4.78 is 5.27. The van der Waals surface area contributed by atoms with Crippen molar-refractivity contribution in [1.29, 1.82) is 0 Å². The van der Waals surface area contributed by atoms with E-state index < -0.39 is 0 Å². The van der Waals surface area contributed by atoms with E-state index in [4.69, 9.17) is 4.74 Å². The Hall–Kier alpha value is -2.77. The van der Waals surface area contributed by atoms with Gasteiger partial charge in [-0.15, -0.1) is 0 Å². The van der Waals surface area contributed by atoms with Gasteiger partial charge in [-0.25, -0.2) is 4.79 Å². The summed E-state index contributed by atoms with van der Waals surface area (Å²) in [4.78, 5) is 41.0. The second-order valence-corrected chi connectivity index (χ2v) is 10.6. The van der Waals surface area contributed by atoms with Gasteiger partial charge in [0.1, 0.15) is 5.75 Å². The lowest BCUT2D eigenvalue weighted by atomic mass is 9.77. The third kappa shape index (κ3) is 6.47. The van der Waals surface area contributed by atoms with Crippen LogP contribution in [0.15, 0.2) is 24.3 Å². The molecule has 3 aliphatic rings. The van der Waals surface area contributed by atoms with Gasteiger partial charge in [0.05, 0.1) is 19.6 Å². The topological polar surface area (TPSA) is 91.0 Å². The van der Waals surface area contributed by atoms with Gasteiger partial charge in [-0.1, -0.05) is 25.0 Å². The summed E-state index contributed by atoms with van der Waals surface area (Å²) in [5.41, 5.74) is 1.15. The first-order valence-electron chi connectivity index (χ1n) is 13.1. The van der Waals surface area contributed by atoms with Crippen LogP contribution >= 0.6 is 0 Å². The number of unbranched alkanes of at least 4 members (excludes halogenated alkanes) is 2. The van der Waals surface area contributed by atoms with Crippen molar-refractivity contribution in [3.63, 3.8) is 0 Å². The summed E-state index contributed by atoms with van der Waals surface area (Å²) in [5.74, 6) is 1.21. The van der Waals surface area contributed by atoms with Crippen LogP contribution in [0.25, 0.3) is 0 Å². The van der Waals surface area contributed by atoms with Crippen LogP contribution in [0.1, 0.15) is 63.9 Å². The van der Waals surface area contributed by atoms with E-state index in [0.717, 1.165) is 82.4 Å². The zero-order valence-corrected chi connectivity index (χ0v) is 21.2. The molecule has 1 aromatic carbocycles. The van der Waals surface area contributed by atoms with E-state index in [2.05, 4.69) is 15.5 Å². The highest BCUT2D eigenvalue weighted by Crippen LogP contribution is 2.40. The van der Waals surface area contributed by atoms with Crippen LogP contribution in [0, 0.1) is 5.41 Å². The molecular weight excluding hydrogens is 444 g/mol. The van der Waals surface area contributed by atoms with Gasteiger partial charge in [-0.05, 0) is 62.1 Å². The van der Waals surface area contributed by atoms with Crippen molar-refractivity contribution < 1.29 is 19.1 Å². The van der Waals surface area contributed by atoms with E-state index in [-0.39, 0.29) is 35.3 Å². The first-order chi connectivity index (χ1) is 16.9. The monoisotopic (exact) mass is 484 g/mol. The molecule has 8 nitrogen and oxygen atoms in total. The Morgan fingerprint density at radius 3 is 2.46 bits per heavy atom. The average Bonchev–Trinajstić information content (AvgIpc) is 3.41. The molecule has 0 saturated carbocycles. The molecule has 4 rings (SSSR count). The summed E-state index contributed by atoms with van der Waals surface area (Å²) in [6, 6.07) is 8.00. The van der Waals surface area contributed by atoms with E-state index in [1.54, 1.807) is 7.11 Å². The van der Waals surface area contributed by atoms with Crippen LogP contribution in [0.2, 0.25) is 0 Å². The first kappa shape index (κ1) is 25.3. The molecule has 192 valence electrons. The molecule has 1 spiro atoms. The zero-order chi connectivity index (χ0) is 24.8. The highest BCUT2D eigenvalue weighted by Gasteiger charge is 2.42. The van der Waals surface area contributed by atoms with Gasteiger partial charge in [0.25, 0.3) is 0 Å². The Balaban J connectivity index is 1.14. The van der Waals surface area contributed by atoms with Crippen LogP contribution in [-0.4, -0.2) is 73.0 Å². The third-order valence-corrected chi connectivity index (χ3v) is 8.14. The minimum absolute atomic E-state index is 0.0762. The van der Waals surface area contributed by atoms with Crippen molar-refractivity contribution in [1.82, 2.24) is 20.4 Å². The van der Waals surface area contributed by atoms with E-state index in [1.807, 2.05) is 36.1 Å². The number of nitrogens with one attached hydrogen (secondary N) is 2. The normalized spacial score (nSPS) is 23.3. The Labute approximate surface area is 208 Å². The molecule has 2 atom stereocenters. The highest BCUT2D eigenvalue weighted by atomic mass is 16.5. The number of piperidine rings is 1. The highest BCUT2D eigenvalue weighted by molar-refractivity contribution is 5.79. The minimum atomic E-state index is -0.0762. The Morgan fingerprint density at radius 2 is 1.77 bits per heavy atom. The SMILES string of the molecule is COc1cccc(CC(=O)N2CCC3(CC2)CCN(C(=O)CCCCCC2NC(=O)NC2C)C3)c1. The fourth-order valence-corrected chi connectivity index (χ4v) is 5.80. The first-order valence-corrected chi connectivity index (χ1v) is 13.1. The van der Waals surface area contributed by atoms with Crippen LogP contribution in [0.5, 0.6) is 5.75 Å². The average molecular weight is 485 g/mol. The number of rotatable bonds is 9. The molecule has 8 heteroatoms. The van der Waals surface area contributed by atoms with Crippen molar-refractivity contribution in [2.75, 3.05) is 33.3 Å². The molecular formula is C27H40N4O4. The second kappa shape index (κ2) is 11.3. The third-order valence-electron chi connectivity index (χ3n) is 8.14. The van der Waals surface area contributed by atoms with Crippen molar-refractivity contribution >= 4 is 17.8 Å². The largest absolute Gasteiger partial charge is 0.497 e. The maximum Gasteiger partial charge on any atom is 0.315 e. The summed E-state index contributed by atoms with van der Waals surface area (Å²) in [6.45, 7) is 5.25.